The number of hydrogen-bond donors (Lipinski definition) is 0. The third kappa shape index (κ3) is 8.87. The number of imidazole rings is 1. The molecule has 0 radical (unpaired) electrons. The monoisotopic (exact) mass is 376 g/mol. The molecule has 2 nitrogen and oxygen atoms in total. The summed E-state index contributed by atoms with van der Waals surface area (Å²) < 4.78 is 2.22. The zero-order chi connectivity index (χ0) is 17.7. The average Bonchev–Trinajstić information content (AvgIpc) is 3.13. The van der Waals surface area contributed by atoms with Gasteiger partial charge in [0.1, 0.15) is 0 Å². The number of aryl methyl sites for hydroxylation is 1. The largest absolute Gasteiger partial charge is 0.336 e. The molecule has 0 aliphatic rings. The first-order chi connectivity index (χ1) is 12.3. The lowest BCUT2D eigenvalue weighted by atomic mass is 10.2. The molecule has 1 aromatic heterocycles. The van der Waals surface area contributed by atoms with E-state index < -0.39 is 0 Å². The maximum Gasteiger partial charge on any atom is 0.0946 e. The summed E-state index contributed by atoms with van der Waals surface area (Å²) >= 11 is 4.21. The fourth-order valence-corrected chi connectivity index (χ4v) is 5.22. The highest BCUT2D eigenvalue weighted by Crippen LogP contribution is 2.24. The molecule has 0 bridgehead atoms. The number of benzene rings is 1. The highest BCUT2D eigenvalue weighted by atomic mass is 32.2. The summed E-state index contributed by atoms with van der Waals surface area (Å²) in [5.74, 6) is 3.62. The van der Waals surface area contributed by atoms with Crippen molar-refractivity contribution in [2.45, 2.75) is 63.5 Å². The Hall–Kier alpha value is -0.870. The van der Waals surface area contributed by atoms with Crippen LogP contribution in [0.15, 0.2) is 43.0 Å². The molecule has 0 amide bonds. The van der Waals surface area contributed by atoms with Crippen LogP contribution in [0, 0.1) is 6.92 Å². The van der Waals surface area contributed by atoms with Crippen molar-refractivity contribution in [1.82, 2.24) is 9.55 Å². The van der Waals surface area contributed by atoms with Crippen LogP contribution in [-0.4, -0.2) is 26.3 Å². The van der Waals surface area contributed by atoms with Crippen molar-refractivity contribution in [1.29, 1.82) is 0 Å². The molecule has 0 saturated heterocycles. The Morgan fingerprint density at radius 2 is 1.88 bits per heavy atom. The second-order valence-electron chi connectivity index (χ2n) is 6.67. The van der Waals surface area contributed by atoms with Crippen LogP contribution < -0.4 is 0 Å². The molecule has 138 valence electrons. The van der Waals surface area contributed by atoms with E-state index in [1.165, 1.54) is 54.7 Å². The number of hydrogen-bond acceptors (Lipinski definition) is 3. The number of thioether (sulfide) groups is 2. The summed E-state index contributed by atoms with van der Waals surface area (Å²) in [6.07, 6.45) is 12.8. The summed E-state index contributed by atoms with van der Waals surface area (Å²) in [6, 6.07) is 8.95. The van der Waals surface area contributed by atoms with E-state index in [9.17, 15) is 0 Å². The van der Waals surface area contributed by atoms with Gasteiger partial charge in [0.15, 0.2) is 0 Å². The molecule has 1 atom stereocenters. The quantitative estimate of drug-likeness (QED) is 0.388. The predicted molar refractivity (Wildman–Crippen MR) is 115 cm³/mol. The molecule has 1 heterocycles. The van der Waals surface area contributed by atoms with Gasteiger partial charge in [-0.2, -0.15) is 23.5 Å². The van der Waals surface area contributed by atoms with Gasteiger partial charge in [-0.05, 0) is 24.7 Å². The minimum Gasteiger partial charge on any atom is -0.336 e. The van der Waals surface area contributed by atoms with Crippen molar-refractivity contribution in [3.8, 4) is 0 Å². The second-order valence-corrected chi connectivity index (χ2v) is 9.11. The smallest absolute Gasteiger partial charge is 0.0946 e. The van der Waals surface area contributed by atoms with Crippen molar-refractivity contribution in [2.24, 2.45) is 0 Å². The second kappa shape index (κ2) is 12.5. The average molecular weight is 377 g/mol. The van der Waals surface area contributed by atoms with Crippen molar-refractivity contribution in [3.63, 3.8) is 0 Å². The van der Waals surface area contributed by atoms with Crippen LogP contribution >= 0.6 is 23.5 Å². The molecule has 0 N–H and O–H groups in total. The topological polar surface area (TPSA) is 17.8 Å². The molecule has 2 aromatic rings. The first-order valence-corrected chi connectivity index (χ1v) is 11.7. The lowest BCUT2D eigenvalue weighted by Crippen LogP contribution is -2.15. The molecule has 2 rings (SSSR count). The van der Waals surface area contributed by atoms with Gasteiger partial charge < -0.3 is 4.57 Å². The van der Waals surface area contributed by atoms with Crippen molar-refractivity contribution in [3.05, 3.63) is 54.1 Å². The van der Waals surface area contributed by atoms with Crippen LogP contribution in [0.25, 0.3) is 0 Å². The van der Waals surface area contributed by atoms with E-state index in [-0.39, 0.29) is 0 Å². The lowest BCUT2D eigenvalue weighted by molar-refractivity contribution is 0.658. The number of unbranched alkanes of at least 4 members (excludes halogenated alkanes) is 4. The number of rotatable bonds is 13. The number of nitrogens with zero attached hydrogens (tertiary/aromatic N) is 2. The van der Waals surface area contributed by atoms with Gasteiger partial charge >= 0.3 is 0 Å². The summed E-state index contributed by atoms with van der Waals surface area (Å²) in [7, 11) is 0. The van der Waals surface area contributed by atoms with Gasteiger partial charge in [-0.1, -0.05) is 62.4 Å². The molecule has 0 aliphatic heterocycles. The van der Waals surface area contributed by atoms with Gasteiger partial charge in [0.2, 0.25) is 0 Å². The Morgan fingerprint density at radius 3 is 2.60 bits per heavy atom. The van der Waals surface area contributed by atoms with Crippen LogP contribution in [0.4, 0.5) is 0 Å². The summed E-state index contributed by atoms with van der Waals surface area (Å²) in [5.41, 5.74) is 2.76. The normalized spacial score (nSPS) is 12.4. The van der Waals surface area contributed by atoms with Gasteiger partial charge in [-0.15, -0.1) is 0 Å². The third-order valence-corrected chi connectivity index (χ3v) is 6.99. The number of aromatic nitrogens is 2. The third-order valence-electron chi connectivity index (χ3n) is 4.28. The summed E-state index contributed by atoms with van der Waals surface area (Å²) in [5, 5.41) is 0.635. The molecule has 25 heavy (non-hydrogen) atoms. The maximum atomic E-state index is 4.19. The van der Waals surface area contributed by atoms with Crippen LogP contribution in [0.3, 0.4) is 0 Å². The molecule has 1 unspecified atom stereocenters. The fraction of sp³-hybridized carbons (Fsp3) is 0.571. The molecule has 4 heteroatoms. The molecular formula is C21H32N2S2. The minimum atomic E-state index is 0.635. The van der Waals surface area contributed by atoms with Crippen LogP contribution in [0.5, 0.6) is 0 Å². The summed E-state index contributed by atoms with van der Waals surface area (Å²) in [4.78, 5) is 4.19. The van der Waals surface area contributed by atoms with E-state index in [1.807, 2.05) is 12.5 Å². The standard InChI is InChI=1S/C21H32N2S2/c1-3-4-5-6-7-14-24-17-21(15-23-13-12-22-18-23)25-16-20-10-8-19(2)9-11-20/h8-13,18,21H,3-7,14-17H2,1-2H3. The van der Waals surface area contributed by atoms with Crippen LogP contribution in [0.1, 0.15) is 50.2 Å². The van der Waals surface area contributed by atoms with Crippen molar-refractivity contribution in [2.75, 3.05) is 11.5 Å². The Balaban J connectivity index is 1.73. The Bertz CT molecular complexity index is 552. The van der Waals surface area contributed by atoms with Gasteiger partial charge in [0.05, 0.1) is 6.33 Å². The zero-order valence-electron chi connectivity index (χ0n) is 15.7. The molecule has 0 fully saturated rings. The van der Waals surface area contributed by atoms with Gasteiger partial charge in [0.25, 0.3) is 0 Å². The highest BCUT2D eigenvalue weighted by Gasteiger charge is 2.11. The highest BCUT2D eigenvalue weighted by molar-refractivity contribution is 8.02. The first kappa shape index (κ1) is 20.4. The van der Waals surface area contributed by atoms with Crippen molar-refractivity contribution < 1.29 is 0 Å². The molecule has 1 aromatic carbocycles. The predicted octanol–water partition coefficient (Wildman–Crippen LogP) is 6.20. The Labute approximate surface area is 162 Å². The van der Waals surface area contributed by atoms with Crippen LogP contribution in [0.2, 0.25) is 0 Å². The molecule has 0 saturated carbocycles. The van der Waals surface area contributed by atoms with E-state index in [0.29, 0.717) is 5.25 Å². The van der Waals surface area contributed by atoms with E-state index in [1.54, 1.807) is 0 Å². The SMILES string of the molecule is CCCCCCCSCC(Cn1ccnc1)SCc1ccc(C)cc1. The van der Waals surface area contributed by atoms with Gasteiger partial charge in [-0.25, -0.2) is 4.98 Å². The minimum absolute atomic E-state index is 0.635. The van der Waals surface area contributed by atoms with Crippen LogP contribution in [-0.2, 0) is 12.3 Å². The zero-order valence-corrected chi connectivity index (χ0v) is 17.3. The van der Waals surface area contributed by atoms with E-state index >= 15 is 0 Å². The maximum absolute atomic E-state index is 4.19. The Kier molecular flexibility index (Phi) is 10.2. The molecule has 0 spiro atoms. The molecular weight excluding hydrogens is 344 g/mol. The summed E-state index contributed by atoms with van der Waals surface area (Å²) in [6.45, 7) is 5.48. The van der Waals surface area contributed by atoms with E-state index in [2.05, 4.69) is 77.4 Å². The van der Waals surface area contributed by atoms with Gasteiger partial charge in [-0.3, -0.25) is 0 Å². The van der Waals surface area contributed by atoms with Crippen molar-refractivity contribution >= 4 is 23.5 Å². The van der Waals surface area contributed by atoms with E-state index in [4.69, 9.17) is 0 Å². The Morgan fingerprint density at radius 1 is 1.08 bits per heavy atom. The first-order valence-electron chi connectivity index (χ1n) is 9.48. The van der Waals surface area contributed by atoms with E-state index in [0.717, 1.165) is 12.3 Å². The fourth-order valence-electron chi connectivity index (χ4n) is 2.70. The molecule has 0 aliphatic carbocycles. The lowest BCUT2D eigenvalue weighted by Gasteiger charge is -2.17. The van der Waals surface area contributed by atoms with Gasteiger partial charge in [0, 0.05) is 35.7 Å².